The summed E-state index contributed by atoms with van der Waals surface area (Å²) in [6.07, 6.45) is 6.60. The van der Waals surface area contributed by atoms with Gasteiger partial charge in [0, 0.05) is 5.92 Å². The molecule has 0 saturated heterocycles. The first-order chi connectivity index (χ1) is 9.81. The standard InChI is InChI=1S/C16H29N3O2/c1-11-6-9-16(10-7-11,14(17)19-21)18-13(20)12-5-4-8-15(12,2)3/h11-12,21H,4-10H2,1-3H3,(H2,17,19)(H,18,20). The second kappa shape index (κ2) is 5.85. The van der Waals surface area contributed by atoms with Gasteiger partial charge in [0.25, 0.3) is 0 Å². The molecule has 0 heterocycles. The summed E-state index contributed by atoms with van der Waals surface area (Å²) in [7, 11) is 0. The van der Waals surface area contributed by atoms with Crippen molar-refractivity contribution in [3.63, 3.8) is 0 Å². The monoisotopic (exact) mass is 295 g/mol. The molecule has 0 radical (unpaired) electrons. The van der Waals surface area contributed by atoms with Crippen LogP contribution < -0.4 is 11.1 Å². The highest BCUT2D eigenvalue weighted by atomic mass is 16.4. The Kier molecular flexibility index (Phi) is 4.49. The van der Waals surface area contributed by atoms with Crippen LogP contribution in [0.5, 0.6) is 0 Å². The fourth-order valence-electron chi connectivity index (χ4n) is 3.93. The van der Waals surface area contributed by atoms with Crippen molar-refractivity contribution in [3.05, 3.63) is 0 Å². The number of hydrogen-bond donors (Lipinski definition) is 3. The zero-order chi connectivity index (χ0) is 15.7. The van der Waals surface area contributed by atoms with Gasteiger partial charge in [0.15, 0.2) is 5.84 Å². The van der Waals surface area contributed by atoms with Crippen LogP contribution in [0.2, 0.25) is 0 Å². The smallest absolute Gasteiger partial charge is 0.224 e. The average molecular weight is 295 g/mol. The van der Waals surface area contributed by atoms with Crippen molar-refractivity contribution >= 4 is 11.7 Å². The molecule has 5 nitrogen and oxygen atoms in total. The largest absolute Gasteiger partial charge is 0.409 e. The summed E-state index contributed by atoms with van der Waals surface area (Å²) >= 11 is 0. The van der Waals surface area contributed by atoms with Gasteiger partial charge >= 0.3 is 0 Å². The highest BCUT2D eigenvalue weighted by Gasteiger charge is 2.45. The number of hydrogen-bond acceptors (Lipinski definition) is 3. The third-order valence-corrected chi connectivity index (χ3v) is 5.66. The van der Waals surface area contributed by atoms with E-state index in [-0.39, 0.29) is 23.1 Å². The van der Waals surface area contributed by atoms with Gasteiger partial charge in [-0.1, -0.05) is 32.3 Å². The van der Waals surface area contributed by atoms with E-state index in [9.17, 15) is 4.79 Å². The molecule has 2 rings (SSSR count). The Labute approximate surface area is 127 Å². The third kappa shape index (κ3) is 3.16. The van der Waals surface area contributed by atoms with Crippen LogP contribution in [-0.4, -0.2) is 22.5 Å². The summed E-state index contributed by atoms with van der Waals surface area (Å²) in [4.78, 5) is 12.7. The Morgan fingerprint density at radius 2 is 1.86 bits per heavy atom. The van der Waals surface area contributed by atoms with E-state index >= 15 is 0 Å². The summed E-state index contributed by atoms with van der Waals surface area (Å²) in [5.41, 5.74) is 5.31. The molecule has 1 amide bonds. The molecule has 5 heteroatoms. The van der Waals surface area contributed by atoms with Gasteiger partial charge in [0.1, 0.15) is 5.54 Å². The van der Waals surface area contributed by atoms with Gasteiger partial charge in [-0.3, -0.25) is 4.79 Å². The van der Waals surface area contributed by atoms with Crippen molar-refractivity contribution in [2.24, 2.45) is 28.1 Å². The molecule has 2 fully saturated rings. The van der Waals surface area contributed by atoms with E-state index in [0.29, 0.717) is 5.92 Å². The first-order valence-corrected chi connectivity index (χ1v) is 8.11. The van der Waals surface area contributed by atoms with E-state index in [2.05, 4.69) is 31.2 Å². The van der Waals surface area contributed by atoms with E-state index < -0.39 is 5.54 Å². The minimum Gasteiger partial charge on any atom is -0.409 e. The molecule has 120 valence electrons. The number of carbonyl (C=O) groups excluding carboxylic acids is 1. The summed E-state index contributed by atoms with van der Waals surface area (Å²) < 4.78 is 0. The lowest BCUT2D eigenvalue weighted by Crippen LogP contribution is -2.60. The highest BCUT2D eigenvalue weighted by molar-refractivity contribution is 5.94. The van der Waals surface area contributed by atoms with E-state index in [0.717, 1.165) is 44.9 Å². The first kappa shape index (κ1) is 16.1. The fraction of sp³-hybridized carbons (Fsp3) is 0.875. The number of nitrogens with one attached hydrogen (secondary N) is 1. The Hall–Kier alpha value is -1.26. The summed E-state index contributed by atoms with van der Waals surface area (Å²) in [6.45, 7) is 6.52. The number of carbonyl (C=O) groups is 1. The molecule has 2 saturated carbocycles. The summed E-state index contributed by atoms with van der Waals surface area (Å²) in [5, 5.41) is 15.5. The van der Waals surface area contributed by atoms with Gasteiger partial charge in [0.05, 0.1) is 0 Å². The fourth-order valence-corrected chi connectivity index (χ4v) is 3.93. The van der Waals surface area contributed by atoms with Crippen molar-refractivity contribution in [3.8, 4) is 0 Å². The molecule has 1 atom stereocenters. The maximum Gasteiger partial charge on any atom is 0.224 e. The van der Waals surface area contributed by atoms with Gasteiger partial charge in [-0.05, 0) is 49.9 Å². The molecule has 21 heavy (non-hydrogen) atoms. The number of amidine groups is 1. The minimum absolute atomic E-state index is 0.0280. The Bertz CT molecular complexity index is 423. The normalized spacial score (nSPS) is 36.4. The quantitative estimate of drug-likeness (QED) is 0.324. The maximum atomic E-state index is 12.7. The van der Waals surface area contributed by atoms with Crippen molar-refractivity contribution in [2.75, 3.05) is 0 Å². The molecule has 0 aromatic carbocycles. The molecule has 0 aliphatic heterocycles. The van der Waals surface area contributed by atoms with E-state index in [1.165, 1.54) is 0 Å². The van der Waals surface area contributed by atoms with Crippen molar-refractivity contribution in [2.45, 2.75) is 71.3 Å². The van der Waals surface area contributed by atoms with Crippen molar-refractivity contribution in [1.82, 2.24) is 5.32 Å². The Morgan fingerprint density at radius 1 is 1.24 bits per heavy atom. The zero-order valence-corrected chi connectivity index (χ0v) is 13.5. The SMILES string of the molecule is CC1CCC(NC(=O)C2CCCC2(C)C)(C(N)=NO)CC1. The van der Waals surface area contributed by atoms with Gasteiger partial charge < -0.3 is 16.3 Å². The minimum atomic E-state index is -0.656. The zero-order valence-electron chi connectivity index (χ0n) is 13.5. The number of nitrogens with two attached hydrogens (primary N) is 1. The van der Waals surface area contributed by atoms with E-state index in [4.69, 9.17) is 10.9 Å². The van der Waals surface area contributed by atoms with Crippen LogP contribution in [-0.2, 0) is 4.79 Å². The second-order valence-electron chi connectivity index (χ2n) is 7.67. The second-order valence-corrected chi connectivity index (χ2v) is 7.67. The lowest BCUT2D eigenvalue weighted by molar-refractivity contribution is -0.129. The van der Waals surface area contributed by atoms with E-state index in [1.54, 1.807) is 0 Å². The first-order valence-electron chi connectivity index (χ1n) is 8.11. The molecule has 1 unspecified atom stereocenters. The molecule has 4 N–H and O–H groups in total. The van der Waals surface area contributed by atoms with Crippen LogP contribution in [0, 0.1) is 17.3 Å². The van der Waals surface area contributed by atoms with Crippen LogP contribution in [0.15, 0.2) is 5.16 Å². The van der Waals surface area contributed by atoms with Crippen molar-refractivity contribution < 1.29 is 10.0 Å². The topological polar surface area (TPSA) is 87.7 Å². The van der Waals surface area contributed by atoms with Gasteiger partial charge in [0.2, 0.25) is 5.91 Å². The van der Waals surface area contributed by atoms with Crippen LogP contribution >= 0.6 is 0 Å². The van der Waals surface area contributed by atoms with E-state index in [1.807, 2.05) is 0 Å². The summed E-state index contributed by atoms with van der Waals surface area (Å²) in [6, 6.07) is 0. The summed E-state index contributed by atoms with van der Waals surface area (Å²) in [5.74, 6) is 0.877. The van der Waals surface area contributed by atoms with Crippen LogP contribution in [0.25, 0.3) is 0 Å². The van der Waals surface area contributed by atoms with Crippen LogP contribution in [0.1, 0.15) is 65.7 Å². The predicted molar refractivity (Wildman–Crippen MR) is 83.0 cm³/mol. The molecule has 0 spiro atoms. The molecule has 2 aliphatic carbocycles. The Balaban J connectivity index is 2.14. The number of oxime groups is 1. The number of amides is 1. The molecule has 0 bridgehead atoms. The van der Waals surface area contributed by atoms with Crippen LogP contribution in [0.3, 0.4) is 0 Å². The van der Waals surface area contributed by atoms with Gasteiger partial charge in [-0.2, -0.15) is 0 Å². The number of nitrogens with zero attached hydrogens (tertiary/aromatic N) is 1. The maximum absolute atomic E-state index is 12.7. The molecule has 2 aliphatic rings. The molecule has 0 aromatic heterocycles. The van der Waals surface area contributed by atoms with Gasteiger partial charge in [-0.15, -0.1) is 0 Å². The lowest BCUT2D eigenvalue weighted by atomic mass is 9.75. The number of rotatable bonds is 3. The Morgan fingerprint density at radius 3 is 2.33 bits per heavy atom. The predicted octanol–water partition coefficient (Wildman–Crippen LogP) is 2.62. The molecular weight excluding hydrogens is 266 g/mol. The lowest BCUT2D eigenvalue weighted by Gasteiger charge is -2.40. The average Bonchev–Trinajstić information content (AvgIpc) is 2.80. The van der Waals surface area contributed by atoms with Crippen molar-refractivity contribution in [1.29, 1.82) is 0 Å². The molecule has 0 aromatic rings. The molecular formula is C16H29N3O2. The highest BCUT2D eigenvalue weighted by Crippen LogP contribution is 2.43. The third-order valence-electron chi connectivity index (χ3n) is 5.66. The van der Waals surface area contributed by atoms with Crippen LogP contribution in [0.4, 0.5) is 0 Å². The van der Waals surface area contributed by atoms with Gasteiger partial charge in [-0.25, -0.2) is 0 Å².